The molecule has 2 aromatic rings. The summed E-state index contributed by atoms with van der Waals surface area (Å²) in [6.07, 6.45) is 1.27. The van der Waals surface area contributed by atoms with E-state index in [9.17, 15) is 5.11 Å². The van der Waals surface area contributed by atoms with Gasteiger partial charge in [-0.2, -0.15) is 5.10 Å². The smallest absolute Gasteiger partial charge is 0.0708 e. The third kappa shape index (κ3) is 2.09. The van der Waals surface area contributed by atoms with Gasteiger partial charge in [0.15, 0.2) is 0 Å². The summed E-state index contributed by atoms with van der Waals surface area (Å²) in [6.45, 7) is 2.16. The topological polar surface area (TPSA) is 38.0 Å². The molecule has 0 radical (unpaired) electrons. The van der Waals surface area contributed by atoms with Crippen molar-refractivity contribution in [2.75, 3.05) is 0 Å². The van der Waals surface area contributed by atoms with Crippen LogP contribution in [0.2, 0.25) is 10.0 Å². The Morgan fingerprint density at radius 2 is 2.07 bits per heavy atom. The fraction of sp³-hybridized carbons (Fsp3) is 0.300. The molecule has 0 unspecified atom stereocenters. The van der Waals surface area contributed by atoms with Crippen molar-refractivity contribution in [2.45, 2.75) is 19.6 Å². The van der Waals surface area contributed by atoms with Crippen LogP contribution in [0.4, 0.5) is 0 Å². The Morgan fingerprint density at radius 1 is 1.40 bits per heavy atom. The van der Waals surface area contributed by atoms with Gasteiger partial charge in [-0.3, -0.25) is 4.68 Å². The molecule has 1 aromatic heterocycles. The molecular weight excluding hydrogens is 235 g/mol. The summed E-state index contributed by atoms with van der Waals surface area (Å²) in [5.41, 5.74) is 0.880. The van der Waals surface area contributed by atoms with Crippen molar-refractivity contribution in [3.05, 3.63) is 28.4 Å². The van der Waals surface area contributed by atoms with Crippen molar-refractivity contribution in [1.29, 1.82) is 0 Å². The number of rotatable bonds is 2. The molecule has 0 amide bonds. The third-order valence-corrected chi connectivity index (χ3v) is 2.84. The number of benzene rings is 1. The summed E-state index contributed by atoms with van der Waals surface area (Å²) in [5.74, 6) is 0. The minimum atomic E-state index is -0.442. The second kappa shape index (κ2) is 4.00. The molecule has 0 aliphatic rings. The van der Waals surface area contributed by atoms with E-state index in [0.29, 0.717) is 16.6 Å². The maximum Gasteiger partial charge on any atom is 0.0708 e. The van der Waals surface area contributed by atoms with Crippen molar-refractivity contribution >= 4 is 34.1 Å². The second-order valence-electron chi connectivity index (χ2n) is 3.50. The van der Waals surface area contributed by atoms with Crippen LogP contribution in [0.3, 0.4) is 0 Å². The van der Waals surface area contributed by atoms with Gasteiger partial charge in [-0.05, 0) is 19.1 Å². The normalized spacial score (nSPS) is 13.3. The monoisotopic (exact) mass is 244 g/mol. The van der Waals surface area contributed by atoms with Crippen LogP contribution in [0.5, 0.6) is 0 Å². The van der Waals surface area contributed by atoms with Gasteiger partial charge in [0.25, 0.3) is 0 Å². The Hall–Kier alpha value is -0.770. The van der Waals surface area contributed by atoms with Crippen LogP contribution in [-0.2, 0) is 6.54 Å². The maximum atomic E-state index is 9.29. The molecule has 2 rings (SSSR count). The Morgan fingerprint density at radius 3 is 2.73 bits per heavy atom. The summed E-state index contributed by atoms with van der Waals surface area (Å²) >= 11 is 11.8. The molecule has 0 saturated carbocycles. The molecule has 1 atom stereocenters. The first-order valence-electron chi connectivity index (χ1n) is 4.56. The van der Waals surface area contributed by atoms with Crippen molar-refractivity contribution in [3.8, 4) is 0 Å². The van der Waals surface area contributed by atoms with E-state index in [2.05, 4.69) is 5.10 Å². The van der Waals surface area contributed by atoms with E-state index in [4.69, 9.17) is 23.2 Å². The highest BCUT2D eigenvalue weighted by molar-refractivity contribution is 6.42. The zero-order valence-electron chi connectivity index (χ0n) is 8.11. The van der Waals surface area contributed by atoms with Gasteiger partial charge < -0.3 is 5.11 Å². The number of nitrogens with zero attached hydrogens (tertiary/aromatic N) is 2. The van der Waals surface area contributed by atoms with E-state index in [1.54, 1.807) is 29.9 Å². The average Bonchev–Trinajstić information content (AvgIpc) is 2.49. The lowest BCUT2D eigenvalue weighted by molar-refractivity contribution is 0.170. The van der Waals surface area contributed by atoms with E-state index in [0.717, 1.165) is 10.9 Å². The molecule has 0 fully saturated rings. The van der Waals surface area contributed by atoms with Crippen LogP contribution in [-0.4, -0.2) is 21.0 Å². The first-order valence-corrected chi connectivity index (χ1v) is 5.32. The second-order valence-corrected chi connectivity index (χ2v) is 4.32. The van der Waals surface area contributed by atoms with Gasteiger partial charge in [-0.15, -0.1) is 0 Å². The average molecular weight is 245 g/mol. The first kappa shape index (κ1) is 10.7. The highest BCUT2D eigenvalue weighted by atomic mass is 35.5. The number of fused-ring (bicyclic) bond motifs is 1. The van der Waals surface area contributed by atoms with Gasteiger partial charge in [0, 0.05) is 5.39 Å². The largest absolute Gasteiger partial charge is 0.391 e. The fourth-order valence-corrected chi connectivity index (χ4v) is 1.80. The minimum absolute atomic E-state index is 0.442. The van der Waals surface area contributed by atoms with Crippen molar-refractivity contribution in [3.63, 3.8) is 0 Å². The molecule has 80 valence electrons. The lowest BCUT2D eigenvalue weighted by atomic mass is 10.2. The molecule has 0 spiro atoms. The van der Waals surface area contributed by atoms with E-state index >= 15 is 0 Å². The molecular formula is C10H10Cl2N2O. The van der Waals surface area contributed by atoms with E-state index in [-0.39, 0.29) is 0 Å². The molecule has 1 N–H and O–H groups in total. The predicted molar refractivity (Wildman–Crippen MR) is 61.4 cm³/mol. The van der Waals surface area contributed by atoms with Crippen LogP contribution in [0.1, 0.15) is 6.92 Å². The minimum Gasteiger partial charge on any atom is -0.391 e. The van der Waals surface area contributed by atoms with Gasteiger partial charge in [-0.1, -0.05) is 23.2 Å². The fourth-order valence-electron chi connectivity index (χ4n) is 1.47. The van der Waals surface area contributed by atoms with Gasteiger partial charge in [-0.25, -0.2) is 0 Å². The summed E-state index contributed by atoms with van der Waals surface area (Å²) in [6, 6.07) is 3.53. The van der Waals surface area contributed by atoms with Gasteiger partial charge in [0.1, 0.15) is 0 Å². The molecule has 0 aliphatic carbocycles. The Bertz CT molecular complexity index is 493. The zero-order chi connectivity index (χ0) is 11.0. The van der Waals surface area contributed by atoms with Crippen molar-refractivity contribution in [1.82, 2.24) is 9.78 Å². The molecule has 1 heterocycles. The van der Waals surface area contributed by atoms with Crippen molar-refractivity contribution in [2.24, 2.45) is 0 Å². The number of halogens is 2. The number of hydrogen-bond acceptors (Lipinski definition) is 2. The van der Waals surface area contributed by atoms with E-state index in [1.165, 1.54) is 0 Å². The van der Waals surface area contributed by atoms with E-state index in [1.807, 2.05) is 0 Å². The van der Waals surface area contributed by atoms with Crippen LogP contribution >= 0.6 is 23.2 Å². The number of aliphatic hydroxyl groups is 1. The molecule has 15 heavy (non-hydrogen) atoms. The lowest BCUT2D eigenvalue weighted by Crippen LogP contribution is -2.12. The number of aromatic nitrogens is 2. The van der Waals surface area contributed by atoms with Gasteiger partial charge in [0.2, 0.25) is 0 Å². The van der Waals surface area contributed by atoms with Gasteiger partial charge in [0.05, 0.1) is 34.4 Å². The summed E-state index contributed by atoms with van der Waals surface area (Å²) in [4.78, 5) is 0. The van der Waals surface area contributed by atoms with Crippen LogP contribution in [0, 0.1) is 0 Å². The van der Waals surface area contributed by atoms with Crippen LogP contribution in [0.15, 0.2) is 18.3 Å². The molecule has 0 bridgehead atoms. The third-order valence-electron chi connectivity index (χ3n) is 2.12. The van der Waals surface area contributed by atoms with Crippen molar-refractivity contribution < 1.29 is 5.11 Å². The number of aliphatic hydroxyl groups excluding tert-OH is 1. The van der Waals surface area contributed by atoms with Crippen LogP contribution in [0.25, 0.3) is 10.9 Å². The SMILES string of the molecule is C[C@@H](O)Cn1ncc2cc(Cl)c(Cl)cc21. The highest BCUT2D eigenvalue weighted by Gasteiger charge is 2.08. The standard InChI is InChI=1S/C10H10Cl2N2O/c1-6(15)5-14-10-3-9(12)8(11)2-7(10)4-13-14/h2-4,6,15H,5H2,1H3/t6-/m1/s1. The Labute approximate surface area is 97.2 Å². The summed E-state index contributed by atoms with van der Waals surface area (Å²) in [7, 11) is 0. The summed E-state index contributed by atoms with van der Waals surface area (Å²) in [5, 5.41) is 15.4. The number of hydrogen-bond donors (Lipinski definition) is 1. The zero-order valence-corrected chi connectivity index (χ0v) is 9.63. The molecule has 0 aliphatic heterocycles. The quantitative estimate of drug-likeness (QED) is 0.883. The predicted octanol–water partition coefficient (Wildman–Crippen LogP) is 2.72. The van der Waals surface area contributed by atoms with Crippen LogP contribution < -0.4 is 0 Å². The highest BCUT2D eigenvalue weighted by Crippen LogP contribution is 2.27. The molecule has 5 heteroatoms. The summed E-state index contributed by atoms with van der Waals surface area (Å²) < 4.78 is 1.71. The maximum absolute atomic E-state index is 9.29. The Balaban J connectivity index is 2.54. The molecule has 0 saturated heterocycles. The lowest BCUT2D eigenvalue weighted by Gasteiger charge is -2.06. The molecule has 3 nitrogen and oxygen atoms in total. The Kier molecular flexibility index (Phi) is 2.87. The molecule has 1 aromatic carbocycles. The first-order chi connectivity index (χ1) is 7.08. The van der Waals surface area contributed by atoms with E-state index < -0.39 is 6.10 Å². The van der Waals surface area contributed by atoms with Gasteiger partial charge >= 0.3 is 0 Å².